The summed E-state index contributed by atoms with van der Waals surface area (Å²) < 4.78 is 26.5. The van der Waals surface area contributed by atoms with Crippen molar-refractivity contribution in [2.24, 2.45) is 0 Å². The molecule has 0 radical (unpaired) electrons. The van der Waals surface area contributed by atoms with E-state index >= 15 is 0 Å². The van der Waals surface area contributed by atoms with Gasteiger partial charge in [0.2, 0.25) is 0 Å². The minimum atomic E-state index is -0.481. The van der Waals surface area contributed by atoms with Gasteiger partial charge >= 0.3 is 0 Å². The van der Waals surface area contributed by atoms with Crippen molar-refractivity contribution in [2.45, 2.75) is 6.42 Å². The van der Waals surface area contributed by atoms with Crippen LogP contribution in [0.2, 0.25) is 5.02 Å². The smallest absolute Gasteiger partial charge is 0.265 e. The molecule has 4 nitrogen and oxygen atoms in total. The first-order valence-electron chi connectivity index (χ1n) is 7.90. The fourth-order valence-electron chi connectivity index (χ4n) is 2.77. The van der Waals surface area contributed by atoms with E-state index in [-0.39, 0.29) is 17.4 Å². The molecule has 3 rings (SSSR count). The van der Waals surface area contributed by atoms with Gasteiger partial charge < -0.3 is 9.47 Å². The van der Waals surface area contributed by atoms with Crippen LogP contribution in [-0.2, 0) is 6.42 Å². The van der Waals surface area contributed by atoms with Gasteiger partial charge in [0.1, 0.15) is 17.3 Å². The Balaban J connectivity index is 2.08. The van der Waals surface area contributed by atoms with Gasteiger partial charge in [-0.05, 0) is 35.4 Å². The molecule has 0 aliphatic heterocycles. The number of carbonyl (C=O) groups is 1. The monoisotopic (exact) mass is 373 g/mol. The summed E-state index contributed by atoms with van der Waals surface area (Å²) in [7, 11) is 3.00. The van der Waals surface area contributed by atoms with Gasteiger partial charge in [0.15, 0.2) is 0 Å². The Bertz CT molecular complexity index is 938. The Labute approximate surface area is 155 Å². The van der Waals surface area contributed by atoms with Gasteiger partial charge in [-0.1, -0.05) is 23.7 Å². The van der Waals surface area contributed by atoms with Crippen LogP contribution in [0, 0.1) is 5.82 Å². The molecule has 0 saturated heterocycles. The van der Waals surface area contributed by atoms with E-state index in [4.69, 9.17) is 21.1 Å². The van der Waals surface area contributed by atoms with Gasteiger partial charge in [0, 0.05) is 24.9 Å². The van der Waals surface area contributed by atoms with Crippen LogP contribution < -0.4 is 9.47 Å². The average Bonchev–Trinajstić information content (AvgIpc) is 3.19. The lowest BCUT2D eigenvalue weighted by molar-refractivity contribution is 0.0957. The normalized spacial score (nSPS) is 10.6. The van der Waals surface area contributed by atoms with Gasteiger partial charge in [-0.25, -0.2) is 4.39 Å². The fraction of sp³-hybridized carbons (Fsp3) is 0.150. The van der Waals surface area contributed by atoms with E-state index in [9.17, 15) is 9.18 Å². The maximum atomic E-state index is 14.3. The van der Waals surface area contributed by atoms with Crippen molar-refractivity contribution in [3.63, 3.8) is 0 Å². The zero-order valence-corrected chi connectivity index (χ0v) is 15.1. The number of ether oxygens (including phenoxy) is 2. The van der Waals surface area contributed by atoms with Crippen LogP contribution in [0.4, 0.5) is 4.39 Å². The number of carbonyl (C=O) groups excluding carboxylic acids is 1. The zero-order chi connectivity index (χ0) is 18.7. The summed E-state index contributed by atoms with van der Waals surface area (Å²) in [5.74, 6) is 0.161. The molecule has 26 heavy (non-hydrogen) atoms. The topological polar surface area (TPSA) is 40.5 Å². The minimum Gasteiger partial charge on any atom is -0.496 e. The molecular formula is C20H17ClFNO3. The van der Waals surface area contributed by atoms with Crippen molar-refractivity contribution in [3.05, 3.63) is 82.4 Å². The second-order valence-electron chi connectivity index (χ2n) is 5.65. The molecule has 0 fully saturated rings. The van der Waals surface area contributed by atoms with Crippen LogP contribution in [0.5, 0.6) is 11.5 Å². The third-order valence-electron chi connectivity index (χ3n) is 4.08. The number of rotatable bonds is 5. The van der Waals surface area contributed by atoms with Crippen LogP contribution in [0.15, 0.2) is 54.9 Å². The molecule has 0 atom stereocenters. The molecule has 0 unspecified atom stereocenters. The number of methoxy groups -OCH3 is 2. The van der Waals surface area contributed by atoms with E-state index in [1.807, 2.05) is 0 Å². The summed E-state index contributed by atoms with van der Waals surface area (Å²) >= 11 is 5.87. The Kier molecular flexibility index (Phi) is 5.28. The number of nitrogens with zero attached hydrogens (tertiary/aromatic N) is 1. The minimum absolute atomic E-state index is 0.0543. The molecule has 0 aliphatic carbocycles. The summed E-state index contributed by atoms with van der Waals surface area (Å²) in [5.41, 5.74) is 1.44. The van der Waals surface area contributed by atoms with Gasteiger partial charge in [0.05, 0.1) is 24.8 Å². The lowest BCUT2D eigenvalue weighted by Gasteiger charge is -2.15. The average molecular weight is 374 g/mol. The lowest BCUT2D eigenvalue weighted by atomic mass is 10.00. The Morgan fingerprint density at radius 1 is 1.04 bits per heavy atom. The maximum Gasteiger partial charge on any atom is 0.265 e. The molecule has 0 amide bonds. The van der Waals surface area contributed by atoms with E-state index < -0.39 is 5.82 Å². The molecule has 0 N–H and O–H groups in total. The van der Waals surface area contributed by atoms with E-state index in [1.165, 1.54) is 24.9 Å². The molecule has 134 valence electrons. The van der Waals surface area contributed by atoms with Crippen LogP contribution in [0.25, 0.3) is 0 Å². The van der Waals surface area contributed by atoms with Crippen molar-refractivity contribution < 1.29 is 18.7 Å². The summed E-state index contributed by atoms with van der Waals surface area (Å²) in [6, 6.07) is 11.6. The summed E-state index contributed by atoms with van der Waals surface area (Å²) in [5, 5.41) is 0.0543. The van der Waals surface area contributed by atoms with Crippen molar-refractivity contribution in [2.75, 3.05) is 14.2 Å². The van der Waals surface area contributed by atoms with Gasteiger partial charge in [-0.3, -0.25) is 9.36 Å². The number of aromatic nitrogens is 1. The number of hydrogen-bond donors (Lipinski definition) is 0. The molecule has 0 aliphatic rings. The number of hydrogen-bond acceptors (Lipinski definition) is 3. The van der Waals surface area contributed by atoms with Crippen molar-refractivity contribution in [1.29, 1.82) is 0 Å². The van der Waals surface area contributed by atoms with E-state index in [1.54, 1.807) is 48.8 Å². The van der Waals surface area contributed by atoms with E-state index in [0.29, 0.717) is 28.2 Å². The number of benzene rings is 2. The zero-order valence-electron chi connectivity index (χ0n) is 14.3. The van der Waals surface area contributed by atoms with Crippen molar-refractivity contribution in [1.82, 2.24) is 4.57 Å². The van der Waals surface area contributed by atoms with Crippen LogP contribution in [0.1, 0.15) is 21.5 Å². The molecule has 0 spiro atoms. The predicted molar refractivity (Wildman–Crippen MR) is 97.9 cm³/mol. The highest BCUT2D eigenvalue weighted by Crippen LogP contribution is 2.32. The predicted octanol–water partition coefficient (Wildman–Crippen LogP) is 4.58. The Morgan fingerprint density at radius 3 is 2.38 bits per heavy atom. The third-order valence-corrected chi connectivity index (χ3v) is 4.38. The molecule has 0 saturated carbocycles. The van der Waals surface area contributed by atoms with Gasteiger partial charge in [0.25, 0.3) is 5.91 Å². The lowest BCUT2D eigenvalue weighted by Crippen LogP contribution is -2.12. The first kappa shape index (κ1) is 18.0. The first-order valence-corrected chi connectivity index (χ1v) is 8.28. The summed E-state index contributed by atoms with van der Waals surface area (Å²) in [6.45, 7) is 0. The standard InChI is InChI=1S/C20H17ClFNO3/c1-25-17-12-18(26-2)15(20(24)23-8-3-4-9-23)11-14(17)10-13-6-5-7-16(21)19(13)22/h3-9,11-12H,10H2,1-2H3. The second kappa shape index (κ2) is 7.62. The fourth-order valence-corrected chi connectivity index (χ4v) is 2.96. The van der Waals surface area contributed by atoms with Crippen LogP contribution >= 0.6 is 11.6 Å². The van der Waals surface area contributed by atoms with Crippen molar-refractivity contribution >= 4 is 17.5 Å². The van der Waals surface area contributed by atoms with E-state index in [0.717, 1.165) is 0 Å². The molecule has 3 aromatic rings. The van der Waals surface area contributed by atoms with Gasteiger partial charge in [-0.2, -0.15) is 0 Å². The Morgan fingerprint density at radius 2 is 1.73 bits per heavy atom. The summed E-state index contributed by atoms with van der Waals surface area (Å²) in [4.78, 5) is 12.8. The third kappa shape index (κ3) is 3.44. The Hall–Kier alpha value is -2.79. The molecular weight excluding hydrogens is 357 g/mol. The van der Waals surface area contributed by atoms with Crippen LogP contribution in [-0.4, -0.2) is 24.7 Å². The number of halogens is 2. The highest BCUT2D eigenvalue weighted by Gasteiger charge is 2.19. The van der Waals surface area contributed by atoms with Crippen LogP contribution in [0.3, 0.4) is 0 Å². The van der Waals surface area contributed by atoms with E-state index in [2.05, 4.69) is 0 Å². The molecule has 2 aromatic carbocycles. The highest BCUT2D eigenvalue weighted by molar-refractivity contribution is 6.30. The second-order valence-corrected chi connectivity index (χ2v) is 6.06. The highest BCUT2D eigenvalue weighted by atomic mass is 35.5. The quantitative estimate of drug-likeness (QED) is 0.657. The first-order chi connectivity index (χ1) is 12.5. The molecule has 6 heteroatoms. The maximum absolute atomic E-state index is 14.3. The SMILES string of the molecule is COc1cc(OC)c(C(=O)n2cccc2)cc1Cc1cccc(Cl)c1F. The van der Waals surface area contributed by atoms with Crippen molar-refractivity contribution in [3.8, 4) is 11.5 Å². The largest absolute Gasteiger partial charge is 0.496 e. The summed E-state index contributed by atoms with van der Waals surface area (Å²) in [6.07, 6.45) is 3.54. The van der Waals surface area contributed by atoms with Gasteiger partial charge in [-0.15, -0.1) is 0 Å². The molecule has 1 heterocycles. The molecule has 0 bridgehead atoms. The molecule has 1 aromatic heterocycles.